The molecule has 8 heteroatoms. The zero-order chi connectivity index (χ0) is 14.7. The van der Waals surface area contributed by atoms with Crippen LogP contribution in [0, 0.1) is 0 Å². The summed E-state index contributed by atoms with van der Waals surface area (Å²) in [5.41, 5.74) is 0.0865. The normalized spacial score (nSPS) is 10.2. The highest BCUT2D eigenvalue weighted by atomic mass is 35.5. The van der Waals surface area contributed by atoms with Crippen LogP contribution >= 0.6 is 23.2 Å². The second-order valence-electron chi connectivity index (χ2n) is 3.67. The first-order valence-corrected chi connectivity index (χ1v) is 6.13. The lowest BCUT2D eigenvalue weighted by Crippen LogP contribution is -2.13. The third-order valence-corrected chi connectivity index (χ3v) is 3.01. The highest BCUT2D eigenvalue weighted by molar-refractivity contribution is 6.38. The number of rotatable bonds is 3. The van der Waals surface area contributed by atoms with Gasteiger partial charge in [0, 0.05) is 0 Å². The number of methoxy groups -OCH3 is 1. The molecule has 0 saturated heterocycles. The fourth-order valence-corrected chi connectivity index (χ4v) is 1.86. The third-order valence-electron chi connectivity index (χ3n) is 2.44. The van der Waals surface area contributed by atoms with Gasteiger partial charge in [0.15, 0.2) is 10.3 Å². The number of nitrogens with zero attached hydrogens (tertiary/aromatic N) is 2. The SMILES string of the molecule is COc1ccc(O)c(C(=O)Nc2c(Cl)ncnc2Cl)c1. The molecule has 0 spiro atoms. The van der Waals surface area contributed by atoms with Crippen LogP contribution in [0.4, 0.5) is 5.69 Å². The predicted molar refractivity (Wildman–Crippen MR) is 74.7 cm³/mol. The molecule has 6 nitrogen and oxygen atoms in total. The lowest BCUT2D eigenvalue weighted by molar-refractivity contribution is 0.102. The van der Waals surface area contributed by atoms with Crippen molar-refractivity contribution in [3.8, 4) is 11.5 Å². The molecule has 1 aromatic heterocycles. The summed E-state index contributed by atoms with van der Waals surface area (Å²) in [5, 5.41) is 12.1. The van der Waals surface area contributed by atoms with E-state index >= 15 is 0 Å². The zero-order valence-corrected chi connectivity index (χ0v) is 11.7. The molecule has 0 unspecified atom stereocenters. The number of benzene rings is 1. The largest absolute Gasteiger partial charge is 0.507 e. The maximum atomic E-state index is 12.1. The summed E-state index contributed by atoms with van der Waals surface area (Å²) in [6.45, 7) is 0. The van der Waals surface area contributed by atoms with E-state index in [9.17, 15) is 9.90 Å². The van der Waals surface area contributed by atoms with E-state index in [0.717, 1.165) is 0 Å². The number of aromatic hydroxyl groups is 1. The van der Waals surface area contributed by atoms with Crippen LogP contribution in [0.1, 0.15) is 10.4 Å². The maximum absolute atomic E-state index is 12.1. The fourth-order valence-electron chi connectivity index (χ4n) is 1.45. The molecule has 1 amide bonds. The van der Waals surface area contributed by atoms with Crippen LogP contribution in [0.25, 0.3) is 0 Å². The van der Waals surface area contributed by atoms with Gasteiger partial charge in [-0.3, -0.25) is 4.79 Å². The van der Waals surface area contributed by atoms with Crippen molar-refractivity contribution >= 4 is 34.8 Å². The fraction of sp³-hybridized carbons (Fsp3) is 0.0833. The molecule has 0 atom stereocenters. The minimum absolute atomic E-state index is 0.000681. The van der Waals surface area contributed by atoms with Crippen LogP contribution in [0.2, 0.25) is 10.3 Å². The first-order valence-electron chi connectivity index (χ1n) is 5.37. The maximum Gasteiger partial charge on any atom is 0.259 e. The minimum atomic E-state index is -0.611. The van der Waals surface area contributed by atoms with Gasteiger partial charge in [0.2, 0.25) is 0 Å². The predicted octanol–water partition coefficient (Wildman–Crippen LogP) is 2.75. The Kier molecular flexibility index (Phi) is 4.26. The Morgan fingerprint density at radius 3 is 2.55 bits per heavy atom. The molecule has 0 fully saturated rings. The molecule has 0 aliphatic heterocycles. The summed E-state index contributed by atoms with van der Waals surface area (Å²) in [4.78, 5) is 19.5. The molecule has 2 aromatic rings. The molecule has 0 saturated carbocycles. The van der Waals surface area contributed by atoms with Gasteiger partial charge in [0.05, 0.1) is 12.7 Å². The van der Waals surface area contributed by atoms with E-state index < -0.39 is 5.91 Å². The van der Waals surface area contributed by atoms with Gasteiger partial charge in [0.25, 0.3) is 5.91 Å². The molecular weight excluding hydrogens is 305 g/mol. The molecule has 1 heterocycles. The lowest BCUT2D eigenvalue weighted by atomic mass is 10.1. The minimum Gasteiger partial charge on any atom is -0.507 e. The first-order chi connectivity index (χ1) is 9.52. The van der Waals surface area contributed by atoms with Crippen LogP contribution in [0.5, 0.6) is 11.5 Å². The monoisotopic (exact) mass is 313 g/mol. The van der Waals surface area contributed by atoms with Crippen LogP contribution in [-0.2, 0) is 0 Å². The van der Waals surface area contributed by atoms with E-state index in [-0.39, 0.29) is 27.3 Å². The summed E-state index contributed by atoms with van der Waals surface area (Å²) in [7, 11) is 1.45. The van der Waals surface area contributed by atoms with Crippen molar-refractivity contribution in [2.45, 2.75) is 0 Å². The Morgan fingerprint density at radius 1 is 1.30 bits per heavy atom. The average Bonchev–Trinajstić information content (AvgIpc) is 2.43. The number of aromatic nitrogens is 2. The van der Waals surface area contributed by atoms with E-state index in [4.69, 9.17) is 27.9 Å². The van der Waals surface area contributed by atoms with E-state index in [1.807, 2.05) is 0 Å². The van der Waals surface area contributed by atoms with Crippen molar-refractivity contribution in [2.24, 2.45) is 0 Å². The number of carbonyl (C=O) groups excluding carboxylic acids is 1. The second kappa shape index (κ2) is 5.94. The Bertz CT molecular complexity index is 644. The van der Waals surface area contributed by atoms with Gasteiger partial charge in [-0.25, -0.2) is 9.97 Å². The summed E-state index contributed by atoms with van der Waals surface area (Å²) in [6.07, 6.45) is 1.17. The van der Waals surface area contributed by atoms with Crippen molar-refractivity contribution in [1.29, 1.82) is 0 Å². The molecular formula is C12H9Cl2N3O3. The number of nitrogens with one attached hydrogen (secondary N) is 1. The van der Waals surface area contributed by atoms with Crippen LogP contribution in [-0.4, -0.2) is 28.1 Å². The highest BCUT2D eigenvalue weighted by Gasteiger charge is 2.16. The Hall–Kier alpha value is -2.05. The van der Waals surface area contributed by atoms with Gasteiger partial charge in [0.1, 0.15) is 23.5 Å². The summed E-state index contributed by atoms with van der Waals surface area (Å²) in [6, 6.07) is 4.26. The number of halogens is 2. The van der Waals surface area contributed by atoms with Crippen molar-refractivity contribution in [3.63, 3.8) is 0 Å². The van der Waals surface area contributed by atoms with Gasteiger partial charge in [-0.2, -0.15) is 0 Å². The second-order valence-corrected chi connectivity index (χ2v) is 4.38. The molecule has 0 radical (unpaired) electrons. The van der Waals surface area contributed by atoms with Gasteiger partial charge >= 0.3 is 0 Å². The molecule has 0 aliphatic carbocycles. The number of phenolic OH excluding ortho intramolecular Hbond substituents is 1. The summed E-state index contributed by atoms with van der Waals surface area (Å²) >= 11 is 11.6. The van der Waals surface area contributed by atoms with E-state index in [0.29, 0.717) is 5.75 Å². The zero-order valence-electron chi connectivity index (χ0n) is 10.2. The van der Waals surface area contributed by atoms with Gasteiger partial charge < -0.3 is 15.2 Å². The van der Waals surface area contributed by atoms with E-state index in [1.54, 1.807) is 0 Å². The van der Waals surface area contributed by atoms with Gasteiger partial charge in [-0.1, -0.05) is 23.2 Å². The summed E-state index contributed by atoms with van der Waals surface area (Å²) in [5.74, 6) is -0.387. The first kappa shape index (κ1) is 14.4. The van der Waals surface area contributed by atoms with Crippen LogP contribution in [0.15, 0.2) is 24.5 Å². The molecule has 0 aliphatic rings. The molecule has 0 bridgehead atoms. The molecule has 20 heavy (non-hydrogen) atoms. The Morgan fingerprint density at radius 2 is 1.95 bits per heavy atom. The number of amides is 1. The van der Waals surface area contributed by atoms with E-state index in [1.165, 1.54) is 31.6 Å². The molecule has 2 rings (SSSR count). The van der Waals surface area contributed by atoms with Crippen molar-refractivity contribution < 1.29 is 14.6 Å². The van der Waals surface area contributed by atoms with Crippen LogP contribution in [0.3, 0.4) is 0 Å². The molecule has 2 N–H and O–H groups in total. The van der Waals surface area contributed by atoms with Gasteiger partial charge in [-0.05, 0) is 18.2 Å². The van der Waals surface area contributed by atoms with E-state index in [2.05, 4.69) is 15.3 Å². The van der Waals surface area contributed by atoms with Crippen molar-refractivity contribution in [3.05, 3.63) is 40.4 Å². The standard InChI is InChI=1S/C12H9Cl2N3O3/c1-20-6-2-3-8(18)7(4-6)12(19)17-9-10(13)15-5-16-11(9)14/h2-5,18H,1H3,(H,17,19). The summed E-state index contributed by atoms with van der Waals surface area (Å²) < 4.78 is 4.99. The number of carbonyl (C=O) groups is 1. The third kappa shape index (κ3) is 2.92. The lowest BCUT2D eigenvalue weighted by Gasteiger charge is -2.09. The number of ether oxygens (including phenoxy) is 1. The number of phenols is 1. The average molecular weight is 314 g/mol. The highest BCUT2D eigenvalue weighted by Crippen LogP contribution is 2.28. The van der Waals surface area contributed by atoms with Gasteiger partial charge in [-0.15, -0.1) is 0 Å². The smallest absolute Gasteiger partial charge is 0.259 e. The molecule has 1 aromatic carbocycles. The Labute approximate surface area is 124 Å². The molecule has 104 valence electrons. The topological polar surface area (TPSA) is 84.3 Å². The van der Waals surface area contributed by atoms with Crippen molar-refractivity contribution in [1.82, 2.24) is 9.97 Å². The van der Waals surface area contributed by atoms with Crippen molar-refractivity contribution in [2.75, 3.05) is 12.4 Å². The number of anilines is 1. The Balaban J connectivity index is 2.33. The quantitative estimate of drug-likeness (QED) is 0.851. The van der Waals surface area contributed by atoms with Crippen LogP contribution < -0.4 is 10.1 Å². The number of hydrogen-bond acceptors (Lipinski definition) is 5. The number of hydrogen-bond donors (Lipinski definition) is 2.